The molecule has 1 heterocycles. The van der Waals surface area contributed by atoms with Crippen LogP contribution in [0.1, 0.15) is 59.1 Å². The van der Waals surface area contributed by atoms with Crippen molar-refractivity contribution < 1.29 is 14.5 Å². The van der Waals surface area contributed by atoms with Crippen molar-refractivity contribution in [3.63, 3.8) is 0 Å². The fourth-order valence-electron chi connectivity index (χ4n) is 3.46. The van der Waals surface area contributed by atoms with Gasteiger partial charge in [-0.2, -0.15) is 0 Å². The van der Waals surface area contributed by atoms with Gasteiger partial charge in [-0.3, -0.25) is 0 Å². The van der Waals surface area contributed by atoms with Crippen LogP contribution in [0, 0.1) is 5.92 Å². The first-order chi connectivity index (χ1) is 11.5. The maximum atomic E-state index is 12.6. The van der Waals surface area contributed by atoms with E-state index < -0.39 is 17.5 Å². The molecule has 1 aliphatic heterocycles. The first-order valence-corrected chi connectivity index (χ1v) is 9.89. The minimum Gasteiger partial charge on any atom is -0.598 e. The molecule has 25 heavy (non-hydrogen) atoms. The Labute approximate surface area is 154 Å². The van der Waals surface area contributed by atoms with E-state index in [1.165, 1.54) is 4.90 Å². The topological polar surface area (TPSA) is 75.6 Å². The molecule has 0 bridgehead atoms. The average molecular weight is 367 g/mol. The second kappa shape index (κ2) is 7.56. The fraction of sp³-hybridized carbons (Fsp3) is 0.632. The van der Waals surface area contributed by atoms with Crippen molar-refractivity contribution in [3.05, 3.63) is 35.9 Å². The summed E-state index contributed by atoms with van der Waals surface area (Å²) in [7, 11) is 0. The van der Waals surface area contributed by atoms with Gasteiger partial charge in [-0.1, -0.05) is 30.3 Å². The first kappa shape index (κ1) is 20.1. The van der Waals surface area contributed by atoms with Crippen LogP contribution in [0.25, 0.3) is 0 Å². The summed E-state index contributed by atoms with van der Waals surface area (Å²) in [4.78, 5) is 13.0. The number of carbonyl (C=O) groups is 1. The summed E-state index contributed by atoms with van der Waals surface area (Å²) in [6.45, 7) is 10.3. The number of hydrogen-bond donors (Lipinski definition) is 2. The Morgan fingerprint density at radius 1 is 1.40 bits per heavy atom. The van der Waals surface area contributed by atoms with Gasteiger partial charge in [-0.25, -0.2) is 4.79 Å². The fourth-order valence-corrected chi connectivity index (χ4v) is 4.30. The van der Waals surface area contributed by atoms with Crippen molar-refractivity contribution in [1.29, 1.82) is 0 Å². The summed E-state index contributed by atoms with van der Waals surface area (Å²) in [6, 6.07) is 9.93. The molecule has 0 saturated carbocycles. The molecule has 1 aliphatic rings. The van der Waals surface area contributed by atoms with Crippen molar-refractivity contribution >= 4 is 17.5 Å². The van der Waals surface area contributed by atoms with Crippen LogP contribution in [0.2, 0.25) is 0 Å². The van der Waals surface area contributed by atoms with E-state index in [0.717, 1.165) is 18.4 Å². The van der Waals surface area contributed by atoms with Crippen molar-refractivity contribution in [2.24, 2.45) is 5.92 Å². The van der Waals surface area contributed by atoms with Crippen LogP contribution in [0.5, 0.6) is 0 Å². The number of likely N-dealkylation sites (tertiary alicyclic amines) is 1. The molecule has 1 saturated heterocycles. The molecule has 2 N–H and O–H groups in total. The highest BCUT2D eigenvalue weighted by molar-refractivity contribution is 7.90. The Hall–Kier alpha value is -1.24. The van der Waals surface area contributed by atoms with Crippen LogP contribution in [-0.2, 0) is 11.4 Å². The zero-order valence-corrected chi connectivity index (χ0v) is 16.6. The zero-order valence-electron chi connectivity index (χ0n) is 15.8. The molecular formula is C19H30N2O3S. The van der Waals surface area contributed by atoms with Gasteiger partial charge in [0.2, 0.25) is 0 Å². The van der Waals surface area contributed by atoms with E-state index in [4.69, 9.17) is 0 Å². The Kier molecular flexibility index (Phi) is 6.07. The van der Waals surface area contributed by atoms with Crippen molar-refractivity contribution in [3.8, 4) is 0 Å². The van der Waals surface area contributed by atoms with Crippen LogP contribution >= 0.6 is 0 Å². The van der Waals surface area contributed by atoms with Crippen LogP contribution in [0.15, 0.2) is 30.3 Å². The molecule has 0 spiro atoms. The normalized spacial score (nSPS) is 22.6. The Balaban J connectivity index is 2.16. The number of rotatable bonds is 5. The smallest absolute Gasteiger partial charge is 0.407 e. The lowest BCUT2D eigenvalue weighted by Gasteiger charge is -2.29. The third-order valence-corrected chi connectivity index (χ3v) is 6.38. The van der Waals surface area contributed by atoms with Gasteiger partial charge in [0.25, 0.3) is 0 Å². The minimum atomic E-state index is -1.18. The number of hydrogen-bond acceptors (Lipinski definition) is 3. The van der Waals surface area contributed by atoms with Gasteiger partial charge >= 0.3 is 6.09 Å². The van der Waals surface area contributed by atoms with Gasteiger partial charge in [0.05, 0.1) is 6.04 Å². The number of nitrogens with zero attached hydrogens (tertiary/aromatic N) is 1. The SMILES string of the molecule is CC1(C)C[C@H](CC(N[S+]([O-])C(C)(C)C)c2ccccc2)CN1C(=O)O. The molecule has 1 aromatic carbocycles. The summed E-state index contributed by atoms with van der Waals surface area (Å²) >= 11 is -1.18. The molecule has 0 aromatic heterocycles. The molecular weight excluding hydrogens is 336 g/mol. The van der Waals surface area contributed by atoms with Gasteiger partial charge in [-0.05, 0) is 58.9 Å². The van der Waals surface area contributed by atoms with Crippen LogP contribution in [0.3, 0.4) is 0 Å². The van der Waals surface area contributed by atoms with Gasteiger partial charge in [0.1, 0.15) is 4.75 Å². The molecule has 0 radical (unpaired) electrons. The summed E-state index contributed by atoms with van der Waals surface area (Å²) in [5.74, 6) is 0.237. The highest BCUT2D eigenvalue weighted by atomic mass is 32.2. The van der Waals surface area contributed by atoms with E-state index in [-0.39, 0.29) is 22.2 Å². The van der Waals surface area contributed by atoms with Gasteiger partial charge in [0.15, 0.2) is 0 Å². The third kappa shape index (κ3) is 5.12. The summed E-state index contributed by atoms with van der Waals surface area (Å²) in [6.07, 6.45) is 0.709. The summed E-state index contributed by atoms with van der Waals surface area (Å²) in [5.41, 5.74) is 0.729. The second-order valence-electron chi connectivity index (χ2n) is 8.47. The molecule has 5 nitrogen and oxygen atoms in total. The van der Waals surface area contributed by atoms with E-state index in [1.807, 2.05) is 65.0 Å². The Morgan fingerprint density at radius 3 is 2.48 bits per heavy atom. The molecule has 1 amide bonds. The van der Waals surface area contributed by atoms with E-state index in [0.29, 0.717) is 6.54 Å². The van der Waals surface area contributed by atoms with Crippen LogP contribution < -0.4 is 4.72 Å². The number of amides is 1. The second-order valence-corrected chi connectivity index (χ2v) is 10.5. The molecule has 0 aliphatic carbocycles. The molecule has 1 fully saturated rings. The molecule has 6 heteroatoms. The van der Waals surface area contributed by atoms with E-state index in [1.54, 1.807) is 0 Å². The number of nitrogens with one attached hydrogen (secondary N) is 1. The average Bonchev–Trinajstić information content (AvgIpc) is 2.81. The monoisotopic (exact) mass is 366 g/mol. The van der Waals surface area contributed by atoms with E-state index in [2.05, 4.69) is 4.72 Å². The summed E-state index contributed by atoms with van der Waals surface area (Å²) in [5, 5.41) is 9.43. The summed E-state index contributed by atoms with van der Waals surface area (Å²) < 4.78 is 15.5. The molecule has 1 aromatic rings. The van der Waals surface area contributed by atoms with Crippen LogP contribution in [-0.4, -0.2) is 37.5 Å². The number of carboxylic acid groups (broad SMARTS) is 1. The number of benzene rings is 1. The zero-order chi connectivity index (χ0) is 18.8. The predicted molar refractivity (Wildman–Crippen MR) is 102 cm³/mol. The largest absolute Gasteiger partial charge is 0.598 e. The van der Waals surface area contributed by atoms with Crippen molar-refractivity contribution in [2.75, 3.05) is 6.54 Å². The van der Waals surface area contributed by atoms with Gasteiger partial charge < -0.3 is 14.6 Å². The van der Waals surface area contributed by atoms with Crippen LogP contribution in [0.4, 0.5) is 4.79 Å². The van der Waals surface area contributed by atoms with E-state index in [9.17, 15) is 14.5 Å². The maximum Gasteiger partial charge on any atom is 0.407 e. The van der Waals surface area contributed by atoms with Gasteiger partial charge in [0, 0.05) is 23.4 Å². The highest BCUT2D eigenvalue weighted by Gasteiger charge is 2.42. The van der Waals surface area contributed by atoms with Crippen molar-refractivity contribution in [1.82, 2.24) is 9.62 Å². The lowest BCUT2D eigenvalue weighted by atomic mass is 9.90. The highest BCUT2D eigenvalue weighted by Crippen LogP contribution is 2.37. The molecule has 2 rings (SSSR count). The van der Waals surface area contributed by atoms with Gasteiger partial charge in [-0.15, -0.1) is 4.72 Å². The molecule has 2 unspecified atom stereocenters. The lowest BCUT2D eigenvalue weighted by Crippen LogP contribution is -2.42. The first-order valence-electron chi connectivity index (χ1n) is 8.74. The molecule has 3 atom stereocenters. The quantitative estimate of drug-likeness (QED) is 0.774. The standard InChI is InChI=1S/C19H30N2O3S/c1-18(2,3)25(24)20-16(15-9-7-6-8-10-15)11-14-12-19(4,5)21(13-14)17(22)23/h6-10,14,16,20H,11-13H2,1-5H3,(H,22,23)/t14-,16?,25?/m0/s1. The third-order valence-electron chi connectivity index (χ3n) is 4.77. The minimum absolute atomic E-state index is 0.0594. The Bertz CT molecular complexity index is 586. The predicted octanol–water partition coefficient (Wildman–Crippen LogP) is 3.95. The maximum absolute atomic E-state index is 12.6. The molecule has 140 valence electrons. The lowest BCUT2D eigenvalue weighted by molar-refractivity contribution is 0.117. The Morgan fingerprint density at radius 2 is 2.00 bits per heavy atom. The van der Waals surface area contributed by atoms with Crippen molar-refractivity contribution in [2.45, 2.75) is 63.8 Å². The van der Waals surface area contributed by atoms with E-state index >= 15 is 0 Å².